The van der Waals surface area contributed by atoms with Crippen molar-refractivity contribution >= 4 is 23.4 Å². The summed E-state index contributed by atoms with van der Waals surface area (Å²) in [4.78, 5) is 25.4. The molecule has 1 unspecified atom stereocenters. The topological polar surface area (TPSA) is 49.4 Å². The Morgan fingerprint density at radius 3 is 2.76 bits per heavy atom. The summed E-state index contributed by atoms with van der Waals surface area (Å²) in [5.74, 6) is 0.00288. The molecule has 1 saturated heterocycles. The van der Waals surface area contributed by atoms with E-state index in [0.29, 0.717) is 19.5 Å². The Kier molecular flexibility index (Phi) is 5.00. The monoisotopic (exact) mass is 258 g/mol. The van der Waals surface area contributed by atoms with Crippen LogP contribution >= 0.6 is 11.6 Å². The molecule has 1 atom stereocenters. The van der Waals surface area contributed by atoms with Crippen LogP contribution in [0.3, 0.4) is 0 Å². The minimum Gasteiger partial charge on any atom is -0.344 e. The summed E-state index contributed by atoms with van der Waals surface area (Å²) < 4.78 is 0. The molecule has 1 heterocycles. The first kappa shape index (κ1) is 14.0. The van der Waals surface area contributed by atoms with E-state index >= 15 is 0 Å². The molecule has 0 aliphatic carbocycles. The van der Waals surface area contributed by atoms with Crippen LogP contribution in [-0.2, 0) is 9.59 Å². The quantitative estimate of drug-likeness (QED) is 0.834. The Bertz CT molecular complexity index is 339. The summed E-state index contributed by atoms with van der Waals surface area (Å²) in [6.07, 6.45) is 0.352. The number of nitrogens with one attached hydrogen (secondary N) is 1. The van der Waals surface area contributed by atoms with Gasteiger partial charge in [-0.3, -0.25) is 9.59 Å². The van der Waals surface area contributed by atoms with Crippen LogP contribution in [0.4, 0.5) is 0 Å². The molecule has 1 fully saturated rings. The molecular weight excluding hydrogens is 240 g/mol. The molecular formula is C12H19ClN2O2. The Balaban J connectivity index is 2.83. The molecule has 0 aromatic carbocycles. The SMILES string of the molecule is CC(=CCl)CN1CCC(=O)NC(C(C)C)C1=O. The van der Waals surface area contributed by atoms with Gasteiger partial charge in [0.15, 0.2) is 0 Å². The smallest absolute Gasteiger partial charge is 0.245 e. The molecule has 2 amide bonds. The molecule has 0 aromatic heterocycles. The van der Waals surface area contributed by atoms with Crippen LogP contribution in [0.15, 0.2) is 11.1 Å². The summed E-state index contributed by atoms with van der Waals surface area (Å²) in [7, 11) is 0. The van der Waals surface area contributed by atoms with Gasteiger partial charge in [-0.25, -0.2) is 0 Å². The van der Waals surface area contributed by atoms with Crippen LogP contribution < -0.4 is 5.32 Å². The van der Waals surface area contributed by atoms with Crippen molar-refractivity contribution < 1.29 is 9.59 Å². The standard InChI is InChI=1S/C12H19ClN2O2/c1-8(2)11-12(17)15(7-9(3)6-13)5-4-10(16)14-11/h6,8,11H,4-5,7H2,1-3H3,(H,14,16). The van der Waals surface area contributed by atoms with E-state index < -0.39 is 6.04 Å². The highest BCUT2D eigenvalue weighted by atomic mass is 35.5. The second-order valence-electron chi connectivity index (χ2n) is 4.75. The molecule has 0 saturated carbocycles. The largest absolute Gasteiger partial charge is 0.344 e. The van der Waals surface area contributed by atoms with Crippen LogP contribution in [0.5, 0.6) is 0 Å². The van der Waals surface area contributed by atoms with Gasteiger partial charge in [0.05, 0.1) is 0 Å². The second-order valence-corrected chi connectivity index (χ2v) is 4.97. The predicted molar refractivity (Wildman–Crippen MR) is 67.6 cm³/mol. The van der Waals surface area contributed by atoms with Crippen molar-refractivity contribution in [3.63, 3.8) is 0 Å². The number of nitrogens with zero attached hydrogens (tertiary/aromatic N) is 1. The highest BCUT2D eigenvalue weighted by Gasteiger charge is 2.31. The molecule has 0 radical (unpaired) electrons. The summed E-state index contributed by atoms with van der Waals surface area (Å²) in [6, 6.07) is -0.423. The number of hydrogen-bond donors (Lipinski definition) is 1. The van der Waals surface area contributed by atoms with Gasteiger partial charge in [-0.1, -0.05) is 25.4 Å². The minimum atomic E-state index is -0.423. The Morgan fingerprint density at radius 2 is 2.24 bits per heavy atom. The highest BCUT2D eigenvalue weighted by molar-refractivity contribution is 6.25. The number of amides is 2. The minimum absolute atomic E-state index is 0.0243. The van der Waals surface area contributed by atoms with Gasteiger partial charge in [-0.2, -0.15) is 0 Å². The van der Waals surface area contributed by atoms with Gasteiger partial charge < -0.3 is 10.2 Å². The van der Waals surface area contributed by atoms with Crippen LogP contribution in [-0.4, -0.2) is 35.8 Å². The summed E-state index contributed by atoms with van der Waals surface area (Å²) >= 11 is 5.60. The van der Waals surface area contributed by atoms with Crippen molar-refractivity contribution in [2.45, 2.75) is 33.2 Å². The first-order valence-electron chi connectivity index (χ1n) is 5.79. The Hall–Kier alpha value is -1.03. The normalized spacial score (nSPS) is 22.8. The highest BCUT2D eigenvalue weighted by Crippen LogP contribution is 2.12. The average Bonchev–Trinajstić information content (AvgIpc) is 2.41. The number of halogens is 1. The lowest BCUT2D eigenvalue weighted by Gasteiger charge is -2.26. The van der Waals surface area contributed by atoms with Crippen molar-refractivity contribution in [1.82, 2.24) is 10.2 Å². The second kappa shape index (κ2) is 6.05. The lowest BCUT2D eigenvalue weighted by atomic mass is 10.0. The maximum atomic E-state index is 12.2. The zero-order valence-electron chi connectivity index (χ0n) is 10.5. The van der Waals surface area contributed by atoms with Crippen molar-refractivity contribution in [2.24, 2.45) is 5.92 Å². The molecule has 1 aliphatic heterocycles. The maximum Gasteiger partial charge on any atom is 0.245 e. The molecule has 1 aliphatic rings. The van der Waals surface area contributed by atoms with E-state index in [-0.39, 0.29) is 17.7 Å². The van der Waals surface area contributed by atoms with Crippen molar-refractivity contribution in [2.75, 3.05) is 13.1 Å². The molecule has 96 valence electrons. The van der Waals surface area contributed by atoms with Gasteiger partial charge in [-0.15, -0.1) is 0 Å². The van der Waals surface area contributed by atoms with Crippen LogP contribution in [0.25, 0.3) is 0 Å². The summed E-state index contributed by atoms with van der Waals surface area (Å²) in [5, 5.41) is 2.77. The zero-order valence-corrected chi connectivity index (χ0v) is 11.3. The number of carbonyl (C=O) groups is 2. The summed E-state index contributed by atoms with van der Waals surface area (Å²) in [5.41, 5.74) is 2.38. The van der Waals surface area contributed by atoms with E-state index in [1.54, 1.807) is 4.90 Å². The van der Waals surface area contributed by atoms with Crippen LogP contribution in [0.1, 0.15) is 27.2 Å². The third-order valence-corrected chi connectivity index (χ3v) is 3.17. The third kappa shape index (κ3) is 3.73. The molecule has 0 aromatic rings. The lowest BCUT2D eigenvalue weighted by molar-refractivity contribution is -0.134. The first-order chi connectivity index (χ1) is 7.95. The first-order valence-corrected chi connectivity index (χ1v) is 6.23. The van der Waals surface area contributed by atoms with Crippen LogP contribution in [0, 0.1) is 5.92 Å². The maximum absolute atomic E-state index is 12.2. The molecule has 0 bridgehead atoms. The van der Waals surface area contributed by atoms with Gasteiger partial charge >= 0.3 is 0 Å². The predicted octanol–water partition coefficient (Wildman–Crippen LogP) is 1.50. The van der Waals surface area contributed by atoms with E-state index in [1.807, 2.05) is 20.8 Å². The van der Waals surface area contributed by atoms with Gasteiger partial charge in [0.25, 0.3) is 0 Å². The molecule has 17 heavy (non-hydrogen) atoms. The van der Waals surface area contributed by atoms with Crippen LogP contribution in [0.2, 0.25) is 0 Å². The molecule has 4 nitrogen and oxygen atoms in total. The van der Waals surface area contributed by atoms with E-state index in [2.05, 4.69) is 5.32 Å². The lowest BCUT2D eigenvalue weighted by Crippen LogP contribution is -2.48. The Labute approximate surface area is 107 Å². The van der Waals surface area contributed by atoms with Gasteiger partial charge in [-0.05, 0) is 18.4 Å². The van der Waals surface area contributed by atoms with Crippen molar-refractivity contribution in [3.8, 4) is 0 Å². The summed E-state index contributed by atoms with van der Waals surface area (Å²) in [6.45, 7) is 6.66. The van der Waals surface area contributed by atoms with Gasteiger partial charge in [0.2, 0.25) is 11.8 Å². The van der Waals surface area contributed by atoms with Gasteiger partial charge in [0.1, 0.15) is 6.04 Å². The fourth-order valence-corrected chi connectivity index (χ4v) is 1.86. The molecule has 5 heteroatoms. The Morgan fingerprint density at radius 1 is 1.59 bits per heavy atom. The molecule has 0 spiro atoms. The molecule has 1 rings (SSSR count). The fourth-order valence-electron chi connectivity index (χ4n) is 1.80. The van der Waals surface area contributed by atoms with E-state index in [0.717, 1.165) is 5.57 Å². The average molecular weight is 259 g/mol. The number of hydrogen-bond acceptors (Lipinski definition) is 2. The number of rotatable bonds is 3. The van der Waals surface area contributed by atoms with E-state index in [9.17, 15) is 9.59 Å². The fraction of sp³-hybridized carbons (Fsp3) is 0.667. The van der Waals surface area contributed by atoms with E-state index in [4.69, 9.17) is 11.6 Å². The molecule has 1 N–H and O–H groups in total. The van der Waals surface area contributed by atoms with Crippen molar-refractivity contribution in [3.05, 3.63) is 11.1 Å². The third-order valence-electron chi connectivity index (χ3n) is 2.80. The zero-order chi connectivity index (χ0) is 13.0. The number of carbonyl (C=O) groups excluding carboxylic acids is 2. The van der Waals surface area contributed by atoms with E-state index in [1.165, 1.54) is 5.54 Å². The van der Waals surface area contributed by atoms with Crippen molar-refractivity contribution in [1.29, 1.82) is 0 Å². The van der Waals surface area contributed by atoms with Gasteiger partial charge in [0, 0.05) is 25.0 Å².